The quantitative estimate of drug-likeness (QED) is 0.730. The number of carbonyl (C=O) groups is 1. The molecule has 1 fully saturated rings. The van der Waals surface area contributed by atoms with Crippen LogP contribution in [-0.2, 0) is 9.53 Å². The van der Waals surface area contributed by atoms with Crippen molar-refractivity contribution < 1.29 is 9.53 Å². The van der Waals surface area contributed by atoms with E-state index in [2.05, 4.69) is 9.36 Å². The van der Waals surface area contributed by atoms with Crippen molar-refractivity contribution in [1.82, 2.24) is 9.36 Å². The van der Waals surface area contributed by atoms with E-state index in [4.69, 9.17) is 4.74 Å². The number of anilines is 1. The first-order valence-electron chi connectivity index (χ1n) is 5.41. The van der Waals surface area contributed by atoms with Crippen molar-refractivity contribution in [3.63, 3.8) is 0 Å². The lowest BCUT2D eigenvalue weighted by Gasteiger charge is -2.13. The summed E-state index contributed by atoms with van der Waals surface area (Å²) in [5.74, 6) is 1.25. The summed E-state index contributed by atoms with van der Waals surface area (Å²) in [6.45, 7) is 2.44. The molecule has 0 aliphatic heterocycles. The summed E-state index contributed by atoms with van der Waals surface area (Å²) in [5.41, 5.74) is 0. The van der Waals surface area contributed by atoms with Crippen molar-refractivity contribution in [3.8, 4) is 0 Å². The van der Waals surface area contributed by atoms with Crippen LogP contribution in [0.5, 0.6) is 0 Å². The average molecular weight is 241 g/mol. The van der Waals surface area contributed by atoms with Crippen molar-refractivity contribution >= 4 is 22.6 Å². The maximum Gasteiger partial charge on any atom is 0.325 e. The molecular weight excluding hydrogens is 226 g/mol. The van der Waals surface area contributed by atoms with Gasteiger partial charge in [0, 0.05) is 24.5 Å². The van der Waals surface area contributed by atoms with Crippen LogP contribution in [0.15, 0.2) is 0 Å². The first kappa shape index (κ1) is 11.3. The summed E-state index contributed by atoms with van der Waals surface area (Å²) in [6.07, 6.45) is 2.38. The van der Waals surface area contributed by atoms with Gasteiger partial charge in [-0.2, -0.15) is 4.37 Å². The Morgan fingerprint density at radius 3 is 3.00 bits per heavy atom. The van der Waals surface area contributed by atoms with E-state index in [1.807, 2.05) is 7.05 Å². The molecule has 0 aromatic carbocycles. The van der Waals surface area contributed by atoms with Gasteiger partial charge < -0.3 is 9.64 Å². The normalized spacial score (nSPS) is 14.9. The molecule has 1 aromatic rings. The molecule has 0 bridgehead atoms. The van der Waals surface area contributed by atoms with Crippen molar-refractivity contribution in [2.75, 3.05) is 25.1 Å². The number of hydrogen-bond donors (Lipinski definition) is 0. The maximum absolute atomic E-state index is 11.3. The van der Waals surface area contributed by atoms with E-state index in [9.17, 15) is 4.79 Å². The highest BCUT2D eigenvalue weighted by molar-refractivity contribution is 7.09. The zero-order valence-corrected chi connectivity index (χ0v) is 10.3. The van der Waals surface area contributed by atoms with Crippen LogP contribution in [0.3, 0.4) is 0 Å². The first-order valence-corrected chi connectivity index (χ1v) is 6.18. The maximum atomic E-state index is 11.3. The fourth-order valence-corrected chi connectivity index (χ4v) is 2.06. The van der Waals surface area contributed by atoms with Gasteiger partial charge in [-0.1, -0.05) is 0 Å². The Bertz CT molecular complexity index is 376. The van der Waals surface area contributed by atoms with E-state index < -0.39 is 0 Å². The third-order valence-corrected chi connectivity index (χ3v) is 3.22. The number of nitrogens with zero attached hydrogens (tertiary/aromatic N) is 3. The number of aromatic nitrogens is 2. The lowest BCUT2D eigenvalue weighted by Crippen LogP contribution is -2.26. The smallest absolute Gasteiger partial charge is 0.325 e. The molecule has 1 aliphatic rings. The first-order chi connectivity index (χ1) is 7.70. The zero-order valence-electron chi connectivity index (χ0n) is 9.47. The Morgan fingerprint density at radius 2 is 2.38 bits per heavy atom. The summed E-state index contributed by atoms with van der Waals surface area (Å²) in [7, 11) is 1.83. The standard InChI is InChI=1S/C10H15N3O2S/c1-3-15-8(14)6-13(2)10-11-9(12-16-10)7-4-5-7/h7H,3-6H2,1-2H3. The van der Waals surface area contributed by atoms with E-state index in [1.54, 1.807) is 11.8 Å². The van der Waals surface area contributed by atoms with Crippen LogP contribution in [0.1, 0.15) is 31.5 Å². The van der Waals surface area contributed by atoms with Crippen molar-refractivity contribution in [3.05, 3.63) is 5.82 Å². The minimum atomic E-state index is -0.229. The molecule has 1 aliphatic carbocycles. The molecular formula is C10H15N3O2S. The summed E-state index contributed by atoms with van der Waals surface area (Å²) in [6, 6.07) is 0. The molecule has 0 radical (unpaired) electrons. The van der Waals surface area contributed by atoms with Gasteiger partial charge >= 0.3 is 5.97 Å². The Morgan fingerprint density at radius 1 is 1.62 bits per heavy atom. The second kappa shape index (κ2) is 4.78. The highest BCUT2D eigenvalue weighted by Gasteiger charge is 2.28. The fraction of sp³-hybridized carbons (Fsp3) is 0.700. The van der Waals surface area contributed by atoms with E-state index in [1.165, 1.54) is 24.4 Å². The van der Waals surface area contributed by atoms with Crippen LogP contribution in [0.25, 0.3) is 0 Å². The number of carbonyl (C=O) groups excluding carboxylic acids is 1. The molecule has 0 atom stereocenters. The fourth-order valence-electron chi connectivity index (χ4n) is 1.36. The largest absolute Gasteiger partial charge is 0.465 e. The molecule has 2 rings (SSSR count). The van der Waals surface area contributed by atoms with Gasteiger partial charge in [0.1, 0.15) is 12.4 Å². The number of esters is 1. The molecule has 0 saturated heterocycles. The predicted molar refractivity (Wildman–Crippen MR) is 61.8 cm³/mol. The lowest BCUT2D eigenvalue weighted by molar-refractivity contribution is -0.141. The van der Waals surface area contributed by atoms with Gasteiger partial charge in [0.15, 0.2) is 0 Å². The van der Waals surface area contributed by atoms with Gasteiger partial charge in [0.05, 0.1) is 6.61 Å². The van der Waals surface area contributed by atoms with E-state index in [-0.39, 0.29) is 12.5 Å². The molecule has 0 amide bonds. The Kier molecular flexibility index (Phi) is 3.38. The summed E-state index contributed by atoms with van der Waals surface area (Å²) in [5, 5.41) is 0.787. The molecule has 1 heterocycles. The molecule has 0 unspecified atom stereocenters. The van der Waals surface area contributed by atoms with Gasteiger partial charge in [-0.3, -0.25) is 4.79 Å². The van der Waals surface area contributed by atoms with Gasteiger partial charge in [0.2, 0.25) is 5.13 Å². The summed E-state index contributed by atoms with van der Waals surface area (Å²) < 4.78 is 9.17. The lowest BCUT2D eigenvalue weighted by atomic mass is 10.4. The number of hydrogen-bond acceptors (Lipinski definition) is 6. The number of rotatable bonds is 5. The monoisotopic (exact) mass is 241 g/mol. The van der Waals surface area contributed by atoms with Crippen LogP contribution in [0, 0.1) is 0 Å². The molecule has 1 aromatic heterocycles. The summed E-state index contributed by atoms with van der Waals surface area (Å²) >= 11 is 1.34. The Hall–Kier alpha value is -1.17. The average Bonchev–Trinajstić information content (AvgIpc) is 2.96. The van der Waals surface area contributed by atoms with E-state index >= 15 is 0 Å². The molecule has 16 heavy (non-hydrogen) atoms. The second-order valence-electron chi connectivity index (χ2n) is 3.87. The predicted octanol–water partition coefficient (Wildman–Crippen LogP) is 1.41. The van der Waals surface area contributed by atoms with Crippen LogP contribution in [-0.4, -0.2) is 35.5 Å². The van der Waals surface area contributed by atoms with E-state index in [0.29, 0.717) is 12.5 Å². The van der Waals surface area contributed by atoms with Crippen molar-refractivity contribution in [1.29, 1.82) is 0 Å². The minimum Gasteiger partial charge on any atom is -0.465 e. The minimum absolute atomic E-state index is 0.229. The molecule has 0 N–H and O–H groups in total. The van der Waals surface area contributed by atoms with Crippen molar-refractivity contribution in [2.24, 2.45) is 0 Å². The van der Waals surface area contributed by atoms with Gasteiger partial charge in [0.25, 0.3) is 0 Å². The number of likely N-dealkylation sites (N-methyl/N-ethyl adjacent to an activating group) is 1. The highest BCUT2D eigenvalue weighted by atomic mass is 32.1. The van der Waals surface area contributed by atoms with Crippen LogP contribution in [0.4, 0.5) is 5.13 Å². The molecule has 0 spiro atoms. The van der Waals surface area contributed by atoms with Gasteiger partial charge in [-0.15, -0.1) is 0 Å². The molecule has 5 nitrogen and oxygen atoms in total. The topological polar surface area (TPSA) is 55.3 Å². The highest BCUT2D eigenvalue weighted by Crippen LogP contribution is 2.39. The summed E-state index contributed by atoms with van der Waals surface area (Å²) in [4.78, 5) is 17.5. The molecule has 6 heteroatoms. The van der Waals surface area contributed by atoms with Gasteiger partial charge in [-0.05, 0) is 19.8 Å². The third kappa shape index (κ3) is 2.69. The molecule has 88 valence electrons. The van der Waals surface area contributed by atoms with Gasteiger partial charge in [-0.25, -0.2) is 4.98 Å². The van der Waals surface area contributed by atoms with Crippen LogP contribution >= 0.6 is 11.5 Å². The third-order valence-electron chi connectivity index (χ3n) is 2.37. The van der Waals surface area contributed by atoms with Crippen LogP contribution in [0.2, 0.25) is 0 Å². The Balaban J connectivity index is 1.91. The van der Waals surface area contributed by atoms with E-state index in [0.717, 1.165) is 11.0 Å². The van der Waals surface area contributed by atoms with Crippen LogP contribution < -0.4 is 4.90 Å². The van der Waals surface area contributed by atoms with Crippen molar-refractivity contribution in [2.45, 2.75) is 25.7 Å². The SMILES string of the molecule is CCOC(=O)CN(C)c1nc(C2CC2)ns1. The Labute approximate surface area is 98.6 Å². The molecule has 1 saturated carbocycles. The zero-order chi connectivity index (χ0) is 11.5. The number of ether oxygens (including phenoxy) is 1. The second-order valence-corrected chi connectivity index (χ2v) is 4.60.